The number of hydrogen-bond donors (Lipinski definition) is 3. The molecule has 1 aliphatic heterocycles. The zero-order valence-electron chi connectivity index (χ0n) is 24.0. The average molecular weight is 617 g/mol. The van der Waals surface area contributed by atoms with Crippen molar-refractivity contribution in [2.45, 2.75) is 63.4 Å². The molecule has 1 heterocycles. The molecule has 2 aliphatic carbocycles. The summed E-state index contributed by atoms with van der Waals surface area (Å²) in [5.74, 6) is -0.188. The molecule has 10 heteroatoms. The molecule has 8 nitrogen and oxygen atoms in total. The molecule has 1 fully saturated rings. The number of benzene rings is 2. The number of carbonyl (C=O) groups is 1. The van der Waals surface area contributed by atoms with E-state index in [9.17, 15) is 23.4 Å². The number of halogens is 1. The fourth-order valence-corrected chi connectivity index (χ4v) is 8.26. The number of nitrogens with zero attached hydrogens (tertiary/aromatic N) is 1. The van der Waals surface area contributed by atoms with E-state index >= 15 is 0 Å². The number of allylic oxidation sites excluding steroid dienone is 1. The van der Waals surface area contributed by atoms with E-state index in [-0.39, 0.29) is 34.5 Å². The summed E-state index contributed by atoms with van der Waals surface area (Å²) >= 11 is 6.36. The van der Waals surface area contributed by atoms with Crippen LogP contribution in [0, 0.1) is 17.8 Å². The van der Waals surface area contributed by atoms with Crippen molar-refractivity contribution in [2.75, 3.05) is 30.3 Å². The molecule has 2 aromatic rings. The number of aliphatic hydroxyl groups is 1. The monoisotopic (exact) mass is 616 g/mol. The molecule has 2 unspecified atom stereocenters. The van der Waals surface area contributed by atoms with Crippen molar-refractivity contribution in [3.63, 3.8) is 0 Å². The topological polar surface area (TPSA) is 130 Å². The quantitative estimate of drug-likeness (QED) is 0.314. The lowest BCUT2D eigenvalue weighted by Crippen LogP contribution is -2.49. The van der Waals surface area contributed by atoms with E-state index in [4.69, 9.17) is 21.5 Å². The predicted molar refractivity (Wildman–Crippen MR) is 165 cm³/mol. The number of ether oxygens (including phenoxy) is 1. The standard InChI is InChI=1S/C32H41ClN2O6S/c1-2-21(18-42(34,39)40)5-3-7-29(36)26-11-8-24(26)17-35-19-32(14-4-6-22-15-25(33)10-12-27(22)32)20-41-30-13-9-23(31(37)38)16-28(30)35/h3,7,9-10,12-13,15-16,21,24,26,29,36H,2,4-6,8,11,14,17-20H2,1H3,(H,37,38)(H2,34,39,40)/b7-3+/t21?,24-,26+,29?,32-/m0/s1. The van der Waals surface area contributed by atoms with E-state index in [1.54, 1.807) is 24.3 Å². The van der Waals surface area contributed by atoms with Crippen LogP contribution in [0.3, 0.4) is 0 Å². The van der Waals surface area contributed by atoms with E-state index in [0.717, 1.165) is 42.8 Å². The molecular formula is C32H41ClN2O6S. The van der Waals surface area contributed by atoms with E-state index < -0.39 is 22.1 Å². The zero-order valence-corrected chi connectivity index (χ0v) is 25.6. The lowest BCUT2D eigenvalue weighted by Gasteiger charge is -2.45. The van der Waals surface area contributed by atoms with Crippen LogP contribution in [-0.2, 0) is 21.9 Å². The summed E-state index contributed by atoms with van der Waals surface area (Å²) in [6, 6.07) is 11.2. The molecule has 0 radical (unpaired) electrons. The lowest BCUT2D eigenvalue weighted by molar-refractivity contribution is 0.0456. The number of primary sulfonamides is 1. The van der Waals surface area contributed by atoms with Crippen LogP contribution in [0.15, 0.2) is 48.6 Å². The van der Waals surface area contributed by atoms with Crippen molar-refractivity contribution in [2.24, 2.45) is 22.9 Å². The van der Waals surface area contributed by atoms with Gasteiger partial charge in [-0.25, -0.2) is 18.4 Å². The maximum atomic E-state index is 11.9. The Morgan fingerprint density at radius 3 is 2.76 bits per heavy atom. The van der Waals surface area contributed by atoms with Crippen molar-refractivity contribution < 1.29 is 28.2 Å². The van der Waals surface area contributed by atoms with Gasteiger partial charge in [0.05, 0.1) is 29.7 Å². The zero-order chi connectivity index (χ0) is 30.1. The first kappa shape index (κ1) is 30.9. The summed E-state index contributed by atoms with van der Waals surface area (Å²) in [7, 11) is -3.55. The van der Waals surface area contributed by atoms with Gasteiger partial charge in [-0.3, -0.25) is 0 Å². The van der Waals surface area contributed by atoms with Crippen molar-refractivity contribution in [1.82, 2.24) is 0 Å². The van der Waals surface area contributed by atoms with Gasteiger partial charge < -0.3 is 19.8 Å². The number of anilines is 1. The Labute approximate surface area is 253 Å². The molecule has 42 heavy (non-hydrogen) atoms. The van der Waals surface area contributed by atoms with Crippen LogP contribution < -0.4 is 14.8 Å². The maximum Gasteiger partial charge on any atom is 0.335 e. The second-order valence-electron chi connectivity index (χ2n) is 12.4. The normalized spacial score (nSPS) is 25.2. The Morgan fingerprint density at radius 2 is 2.07 bits per heavy atom. The molecule has 5 rings (SSSR count). The Kier molecular flexibility index (Phi) is 9.23. The van der Waals surface area contributed by atoms with Crippen molar-refractivity contribution in [3.8, 4) is 5.75 Å². The van der Waals surface area contributed by atoms with Gasteiger partial charge in [-0.05, 0) is 97.7 Å². The Bertz CT molecular complexity index is 1450. The fraction of sp³-hybridized carbons (Fsp3) is 0.531. The van der Waals surface area contributed by atoms with E-state index in [2.05, 4.69) is 17.0 Å². The highest BCUT2D eigenvalue weighted by molar-refractivity contribution is 7.89. The predicted octanol–water partition coefficient (Wildman–Crippen LogP) is 5.16. The molecule has 4 N–H and O–H groups in total. The first-order chi connectivity index (χ1) is 20.0. The number of aliphatic hydroxyl groups excluding tert-OH is 1. The van der Waals surface area contributed by atoms with Crippen LogP contribution in [0.1, 0.15) is 66.9 Å². The smallest absolute Gasteiger partial charge is 0.335 e. The highest BCUT2D eigenvalue weighted by Gasteiger charge is 2.44. The minimum atomic E-state index is -3.55. The minimum Gasteiger partial charge on any atom is -0.490 e. The van der Waals surface area contributed by atoms with E-state index in [1.807, 2.05) is 19.1 Å². The molecule has 228 valence electrons. The second-order valence-corrected chi connectivity index (χ2v) is 14.4. The highest BCUT2D eigenvalue weighted by Crippen LogP contribution is 2.46. The number of nitrogens with two attached hydrogens (primary N) is 1. The molecule has 3 aliphatic rings. The highest BCUT2D eigenvalue weighted by atomic mass is 35.5. The molecule has 1 saturated carbocycles. The van der Waals surface area contributed by atoms with Crippen molar-refractivity contribution in [3.05, 3.63) is 70.3 Å². The van der Waals surface area contributed by atoms with Crippen LogP contribution in [0.5, 0.6) is 5.75 Å². The summed E-state index contributed by atoms with van der Waals surface area (Å²) < 4.78 is 29.5. The summed E-state index contributed by atoms with van der Waals surface area (Å²) in [5.41, 5.74) is 3.21. The number of rotatable bonds is 10. The van der Waals surface area contributed by atoms with Gasteiger partial charge in [0.25, 0.3) is 0 Å². The van der Waals surface area contributed by atoms with E-state index in [0.29, 0.717) is 38.3 Å². The number of sulfonamides is 1. The van der Waals surface area contributed by atoms with E-state index in [1.165, 1.54) is 11.1 Å². The van der Waals surface area contributed by atoms with Gasteiger partial charge in [0.15, 0.2) is 0 Å². The lowest BCUT2D eigenvalue weighted by atomic mass is 9.68. The first-order valence-corrected chi connectivity index (χ1v) is 17.0. The third kappa shape index (κ3) is 6.80. The van der Waals surface area contributed by atoms with Gasteiger partial charge in [-0.1, -0.05) is 43.2 Å². The average Bonchev–Trinajstić information content (AvgIpc) is 3.06. The summed E-state index contributed by atoms with van der Waals surface area (Å²) in [6.07, 6.45) is 9.06. The molecular weight excluding hydrogens is 576 g/mol. The molecule has 0 aromatic heterocycles. The summed E-state index contributed by atoms with van der Waals surface area (Å²) in [6.45, 7) is 3.78. The number of aromatic carboxylic acids is 1. The maximum absolute atomic E-state index is 11.9. The number of hydrogen-bond acceptors (Lipinski definition) is 6. The summed E-state index contributed by atoms with van der Waals surface area (Å²) in [4.78, 5) is 14.2. The Hall–Kier alpha value is -2.59. The number of carboxylic acid groups (broad SMARTS) is 1. The van der Waals surface area contributed by atoms with Crippen LogP contribution in [0.25, 0.3) is 0 Å². The van der Waals surface area contributed by atoms with Crippen LogP contribution in [0.2, 0.25) is 5.02 Å². The number of fused-ring (bicyclic) bond motifs is 3. The fourth-order valence-electron chi connectivity index (χ4n) is 7.04. The summed E-state index contributed by atoms with van der Waals surface area (Å²) in [5, 5.41) is 26.8. The molecule has 1 spiro atoms. The molecule has 0 bridgehead atoms. The SMILES string of the molecule is CCC(C/C=C/C(O)[C@@H]1CC[C@H]1CN1C[C@@]2(CCCc3cc(Cl)ccc32)COc2ccc(C(=O)O)cc21)CS(N)(=O)=O. The van der Waals surface area contributed by atoms with Gasteiger partial charge >= 0.3 is 5.97 Å². The number of carboxylic acids is 1. The van der Waals surface area contributed by atoms with Gasteiger partial charge in [-0.2, -0.15) is 0 Å². The van der Waals surface area contributed by atoms with Gasteiger partial charge in [0.1, 0.15) is 5.75 Å². The van der Waals surface area contributed by atoms with Crippen LogP contribution in [0.4, 0.5) is 5.69 Å². The third-order valence-corrected chi connectivity index (χ3v) is 10.7. The molecule has 0 amide bonds. The molecule has 5 atom stereocenters. The van der Waals surface area contributed by atoms with Crippen molar-refractivity contribution >= 4 is 33.3 Å². The molecule has 0 saturated heterocycles. The first-order valence-electron chi connectivity index (χ1n) is 14.9. The minimum absolute atomic E-state index is 0.0586. The van der Waals surface area contributed by atoms with Crippen LogP contribution in [-0.4, -0.2) is 56.2 Å². The van der Waals surface area contributed by atoms with Gasteiger partial charge in [-0.15, -0.1) is 0 Å². The van der Waals surface area contributed by atoms with Crippen LogP contribution >= 0.6 is 11.6 Å². The third-order valence-electron chi connectivity index (χ3n) is 9.50. The second kappa shape index (κ2) is 12.6. The van der Waals surface area contributed by atoms with Gasteiger partial charge in [0.2, 0.25) is 10.0 Å². The molecule has 2 aromatic carbocycles. The Morgan fingerprint density at radius 1 is 1.26 bits per heavy atom. The van der Waals surface area contributed by atoms with Gasteiger partial charge in [0, 0.05) is 23.5 Å². The Balaban J connectivity index is 1.38. The van der Waals surface area contributed by atoms with Crippen molar-refractivity contribution in [1.29, 1.82) is 0 Å². The number of aryl methyl sites for hydroxylation is 1. The largest absolute Gasteiger partial charge is 0.490 e.